The standard InChI is InChI=1S/C15H21FN2/c1-10(2)15(17-5)6-11(3)12(4)13-7-14(16)9-18-8-13/h6-10,12H,1-5H3/b11-6-,17-15?. The van der Waals surface area contributed by atoms with Crippen LogP contribution in [0.2, 0.25) is 0 Å². The van der Waals surface area contributed by atoms with Gasteiger partial charge in [-0.05, 0) is 30.5 Å². The second kappa shape index (κ2) is 6.43. The zero-order valence-electron chi connectivity index (χ0n) is 11.7. The molecule has 0 aliphatic rings. The quantitative estimate of drug-likeness (QED) is 0.739. The highest BCUT2D eigenvalue weighted by molar-refractivity contribution is 5.96. The highest BCUT2D eigenvalue weighted by Crippen LogP contribution is 2.23. The Morgan fingerprint density at radius 1 is 1.33 bits per heavy atom. The van der Waals surface area contributed by atoms with Crippen molar-refractivity contribution in [1.29, 1.82) is 0 Å². The Balaban J connectivity index is 2.97. The fourth-order valence-electron chi connectivity index (χ4n) is 1.78. The predicted octanol–water partition coefficient (Wildman–Crippen LogP) is 4.00. The van der Waals surface area contributed by atoms with E-state index < -0.39 is 0 Å². The molecule has 0 aromatic carbocycles. The average Bonchev–Trinajstić information content (AvgIpc) is 2.34. The Labute approximate surface area is 109 Å². The first-order chi connectivity index (χ1) is 8.45. The van der Waals surface area contributed by atoms with Gasteiger partial charge in [0.05, 0.1) is 6.20 Å². The summed E-state index contributed by atoms with van der Waals surface area (Å²) in [4.78, 5) is 8.16. The maximum Gasteiger partial charge on any atom is 0.141 e. The molecule has 0 amide bonds. The van der Waals surface area contributed by atoms with E-state index in [2.05, 4.69) is 36.8 Å². The maximum atomic E-state index is 13.1. The SMILES string of the molecule is CN=C(/C=C(/C)C(C)c1cncc(F)c1)C(C)C. The van der Waals surface area contributed by atoms with Crippen molar-refractivity contribution in [2.75, 3.05) is 7.05 Å². The van der Waals surface area contributed by atoms with Crippen LogP contribution in [-0.2, 0) is 0 Å². The lowest BCUT2D eigenvalue weighted by molar-refractivity contribution is 0.616. The molecule has 0 aliphatic carbocycles. The number of aliphatic imine (C=N–C) groups is 1. The van der Waals surface area contributed by atoms with Gasteiger partial charge in [0.25, 0.3) is 0 Å². The lowest BCUT2D eigenvalue weighted by Gasteiger charge is -2.14. The number of rotatable bonds is 4. The van der Waals surface area contributed by atoms with E-state index in [-0.39, 0.29) is 11.7 Å². The zero-order valence-corrected chi connectivity index (χ0v) is 11.7. The fourth-order valence-corrected chi connectivity index (χ4v) is 1.78. The number of allylic oxidation sites excluding steroid dienone is 2. The van der Waals surface area contributed by atoms with Gasteiger partial charge in [-0.2, -0.15) is 0 Å². The van der Waals surface area contributed by atoms with E-state index in [0.717, 1.165) is 16.8 Å². The van der Waals surface area contributed by atoms with Gasteiger partial charge in [-0.3, -0.25) is 9.98 Å². The third-order valence-corrected chi connectivity index (χ3v) is 3.13. The number of halogens is 1. The molecule has 1 unspecified atom stereocenters. The summed E-state index contributed by atoms with van der Waals surface area (Å²) in [7, 11) is 1.80. The van der Waals surface area contributed by atoms with Gasteiger partial charge in [0.2, 0.25) is 0 Å². The van der Waals surface area contributed by atoms with Crippen LogP contribution in [0.25, 0.3) is 0 Å². The molecule has 0 saturated carbocycles. The molecule has 2 nitrogen and oxygen atoms in total. The molecule has 18 heavy (non-hydrogen) atoms. The van der Waals surface area contributed by atoms with E-state index >= 15 is 0 Å². The summed E-state index contributed by atoms with van der Waals surface area (Å²) >= 11 is 0. The smallest absolute Gasteiger partial charge is 0.141 e. The van der Waals surface area contributed by atoms with E-state index in [9.17, 15) is 4.39 Å². The van der Waals surface area contributed by atoms with Crippen molar-refractivity contribution in [1.82, 2.24) is 4.98 Å². The first-order valence-corrected chi connectivity index (χ1v) is 6.21. The number of hydrogen-bond acceptors (Lipinski definition) is 2. The number of nitrogens with zero attached hydrogens (tertiary/aromatic N) is 2. The highest BCUT2D eigenvalue weighted by atomic mass is 19.1. The molecule has 0 N–H and O–H groups in total. The van der Waals surface area contributed by atoms with Crippen LogP contribution < -0.4 is 0 Å². The van der Waals surface area contributed by atoms with E-state index in [4.69, 9.17) is 0 Å². The summed E-state index contributed by atoms with van der Waals surface area (Å²) in [6.07, 6.45) is 5.02. The van der Waals surface area contributed by atoms with Gasteiger partial charge < -0.3 is 0 Å². The van der Waals surface area contributed by atoms with Gasteiger partial charge in [-0.25, -0.2) is 4.39 Å². The van der Waals surface area contributed by atoms with Crippen LogP contribution >= 0.6 is 0 Å². The molecular formula is C15H21FN2. The van der Waals surface area contributed by atoms with Crippen molar-refractivity contribution in [3.63, 3.8) is 0 Å². The summed E-state index contributed by atoms with van der Waals surface area (Å²) < 4.78 is 13.1. The predicted molar refractivity (Wildman–Crippen MR) is 74.6 cm³/mol. The minimum absolute atomic E-state index is 0.142. The third-order valence-electron chi connectivity index (χ3n) is 3.13. The van der Waals surface area contributed by atoms with Crippen LogP contribution in [0.4, 0.5) is 4.39 Å². The van der Waals surface area contributed by atoms with Gasteiger partial charge >= 0.3 is 0 Å². The number of hydrogen-bond donors (Lipinski definition) is 0. The molecule has 0 bridgehead atoms. The Morgan fingerprint density at radius 2 is 2.00 bits per heavy atom. The van der Waals surface area contributed by atoms with E-state index in [0.29, 0.717) is 5.92 Å². The minimum Gasteiger partial charge on any atom is -0.293 e. The molecule has 3 heteroatoms. The van der Waals surface area contributed by atoms with Crippen molar-refractivity contribution in [3.8, 4) is 0 Å². The Hall–Kier alpha value is -1.51. The normalized spacial score (nSPS) is 15.1. The molecule has 1 heterocycles. The first kappa shape index (κ1) is 14.6. The topological polar surface area (TPSA) is 25.2 Å². The molecule has 0 aliphatic heterocycles. The van der Waals surface area contributed by atoms with Crippen molar-refractivity contribution < 1.29 is 4.39 Å². The van der Waals surface area contributed by atoms with E-state index in [1.165, 1.54) is 12.3 Å². The monoisotopic (exact) mass is 248 g/mol. The van der Waals surface area contributed by atoms with Crippen LogP contribution in [0.15, 0.2) is 35.1 Å². The molecule has 1 atom stereocenters. The molecule has 0 spiro atoms. The van der Waals surface area contributed by atoms with Crippen LogP contribution in [0.1, 0.15) is 39.2 Å². The van der Waals surface area contributed by atoms with Gasteiger partial charge in [0.15, 0.2) is 0 Å². The molecule has 1 rings (SSSR count). The van der Waals surface area contributed by atoms with Gasteiger partial charge in [-0.1, -0.05) is 26.3 Å². The van der Waals surface area contributed by atoms with E-state index in [1.807, 2.05) is 6.92 Å². The van der Waals surface area contributed by atoms with Crippen LogP contribution in [-0.4, -0.2) is 17.7 Å². The summed E-state index contributed by atoms with van der Waals surface area (Å²) in [5.74, 6) is 0.242. The van der Waals surface area contributed by atoms with Crippen LogP contribution in [0, 0.1) is 11.7 Å². The number of pyridine rings is 1. The van der Waals surface area contributed by atoms with Crippen LogP contribution in [0.5, 0.6) is 0 Å². The summed E-state index contributed by atoms with van der Waals surface area (Å²) in [5, 5.41) is 0. The van der Waals surface area contributed by atoms with Crippen molar-refractivity contribution in [2.24, 2.45) is 10.9 Å². The fraction of sp³-hybridized carbons (Fsp3) is 0.467. The molecule has 0 radical (unpaired) electrons. The molecule has 1 aromatic rings. The Bertz CT molecular complexity index is 461. The third kappa shape index (κ3) is 3.76. The van der Waals surface area contributed by atoms with Crippen molar-refractivity contribution in [2.45, 2.75) is 33.6 Å². The largest absolute Gasteiger partial charge is 0.293 e. The second-order valence-corrected chi connectivity index (χ2v) is 4.85. The van der Waals surface area contributed by atoms with Gasteiger partial charge in [-0.15, -0.1) is 0 Å². The molecule has 1 aromatic heterocycles. The van der Waals surface area contributed by atoms with Crippen molar-refractivity contribution >= 4 is 5.71 Å². The van der Waals surface area contributed by atoms with E-state index in [1.54, 1.807) is 13.2 Å². The molecule has 0 saturated heterocycles. The minimum atomic E-state index is -0.291. The summed E-state index contributed by atoms with van der Waals surface area (Å²) in [6, 6.07) is 1.53. The molecule has 0 fully saturated rings. The number of aromatic nitrogens is 1. The average molecular weight is 248 g/mol. The lowest BCUT2D eigenvalue weighted by Crippen LogP contribution is -2.06. The van der Waals surface area contributed by atoms with Crippen LogP contribution in [0.3, 0.4) is 0 Å². The zero-order chi connectivity index (χ0) is 13.7. The van der Waals surface area contributed by atoms with Gasteiger partial charge in [0.1, 0.15) is 5.82 Å². The Morgan fingerprint density at radius 3 is 2.50 bits per heavy atom. The lowest BCUT2D eigenvalue weighted by atomic mass is 9.93. The second-order valence-electron chi connectivity index (χ2n) is 4.85. The summed E-state index contributed by atoms with van der Waals surface area (Å²) in [6.45, 7) is 8.32. The summed E-state index contributed by atoms with van der Waals surface area (Å²) in [5.41, 5.74) is 3.11. The Kier molecular flexibility index (Phi) is 5.20. The van der Waals surface area contributed by atoms with Gasteiger partial charge in [0, 0.05) is 24.9 Å². The maximum absolute atomic E-state index is 13.1. The molecule has 98 valence electrons. The molecular weight excluding hydrogens is 227 g/mol. The first-order valence-electron chi connectivity index (χ1n) is 6.21. The highest BCUT2D eigenvalue weighted by Gasteiger charge is 2.10. The van der Waals surface area contributed by atoms with Crippen molar-refractivity contribution in [3.05, 3.63) is 41.5 Å².